The molecule has 0 aromatic heterocycles. The highest BCUT2D eigenvalue weighted by Crippen LogP contribution is 2.56. The fourth-order valence-corrected chi connectivity index (χ4v) is 6.21. The van der Waals surface area contributed by atoms with E-state index in [4.69, 9.17) is 0 Å². The van der Waals surface area contributed by atoms with E-state index in [1.54, 1.807) is 0 Å². The Labute approximate surface area is 151 Å². The Kier molecular flexibility index (Phi) is 6.76. The molecule has 0 saturated carbocycles. The summed E-state index contributed by atoms with van der Waals surface area (Å²) in [5, 5.41) is 4.03. The van der Waals surface area contributed by atoms with Crippen LogP contribution in [0.2, 0.25) is 0 Å². The Morgan fingerprint density at radius 3 is 1.00 bits per heavy atom. The first-order valence-corrected chi connectivity index (χ1v) is 9.80. The van der Waals surface area contributed by atoms with Crippen molar-refractivity contribution in [2.45, 2.75) is 0 Å². The standard InChI is InChI=1S/C20H18P.BF4/c1-2-21(18-12-6-3-7-13-18,19-14-8-4-9-15-19)20-16-10-5-11-17-20;2-1(3,4)5/h2-17H,1H2;/q+1;-1. The first kappa shape index (κ1) is 19.9. The van der Waals surface area contributed by atoms with E-state index >= 15 is 0 Å². The lowest BCUT2D eigenvalue weighted by molar-refractivity contribution is 0.368. The van der Waals surface area contributed by atoms with E-state index in [-0.39, 0.29) is 0 Å². The predicted molar refractivity (Wildman–Crippen MR) is 106 cm³/mol. The lowest BCUT2D eigenvalue weighted by atomic mass is 10.3. The van der Waals surface area contributed by atoms with Crippen LogP contribution < -0.4 is 15.9 Å². The molecule has 0 radical (unpaired) electrons. The molecule has 0 aliphatic heterocycles. The van der Waals surface area contributed by atoms with Crippen molar-refractivity contribution in [1.29, 1.82) is 0 Å². The van der Waals surface area contributed by atoms with Gasteiger partial charge in [-0.05, 0) is 36.4 Å². The van der Waals surface area contributed by atoms with Gasteiger partial charge in [0.25, 0.3) is 0 Å². The van der Waals surface area contributed by atoms with E-state index < -0.39 is 14.5 Å². The highest BCUT2D eigenvalue weighted by atomic mass is 31.2. The van der Waals surface area contributed by atoms with Crippen molar-refractivity contribution in [3.8, 4) is 0 Å². The van der Waals surface area contributed by atoms with Crippen LogP contribution in [0, 0.1) is 0 Å². The lowest BCUT2D eigenvalue weighted by Crippen LogP contribution is -2.29. The molecule has 0 aliphatic rings. The largest absolute Gasteiger partial charge is 0.673 e. The summed E-state index contributed by atoms with van der Waals surface area (Å²) in [6, 6.07) is 32.2. The van der Waals surface area contributed by atoms with E-state index in [9.17, 15) is 17.3 Å². The highest BCUT2D eigenvalue weighted by Gasteiger charge is 2.42. The maximum Gasteiger partial charge on any atom is 0.673 e. The van der Waals surface area contributed by atoms with Crippen LogP contribution in [0.4, 0.5) is 17.3 Å². The topological polar surface area (TPSA) is 0 Å². The first-order valence-electron chi connectivity index (χ1n) is 7.94. The molecule has 0 N–H and O–H groups in total. The third-order valence-corrected chi connectivity index (χ3v) is 7.65. The summed E-state index contributed by atoms with van der Waals surface area (Å²) >= 11 is 0. The smallest absolute Gasteiger partial charge is 0.418 e. The van der Waals surface area contributed by atoms with Crippen LogP contribution >= 0.6 is 7.26 Å². The molecule has 0 saturated heterocycles. The van der Waals surface area contributed by atoms with Gasteiger partial charge in [-0.3, -0.25) is 0 Å². The Morgan fingerprint density at radius 1 is 0.577 bits per heavy atom. The Hall–Kier alpha value is -2.39. The molecule has 0 unspecified atom stereocenters. The van der Waals surface area contributed by atoms with E-state index in [0.29, 0.717) is 0 Å². The highest BCUT2D eigenvalue weighted by molar-refractivity contribution is 7.98. The van der Waals surface area contributed by atoms with Gasteiger partial charge in [-0.25, -0.2) is 0 Å². The molecule has 0 spiro atoms. The predicted octanol–water partition coefficient (Wildman–Crippen LogP) is 5.42. The van der Waals surface area contributed by atoms with Crippen LogP contribution in [-0.2, 0) is 0 Å². The van der Waals surface area contributed by atoms with E-state index in [0.717, 1.165) is 0 Å². The van der Waals surface area contributed by atoms with Crippen LogP contribution in [0.25, 0.3) is 0 Å². The van der Waals surface area contributed by atoms with Crippen LogP contribution in [0.5, 0.6) is 0 Å². The van der Waals surface area contributed by atoms with E-state index in [2.05, 4.69) is 103 Å². The first-order chi connectivity index (χ1) is 12.4. The molecule has 0 fully saturated rings. The normalized spacial score (nSPS) is 11.2. The molecule has 3 rings (SSSR count). The van der Waals surface area contributed by atoms with Gasteiger partial charge >= 0.3 is 7.25 Å². The third-order valence-electron chi connectivity index (χ3n) is 3.76. The molecule has 3 aromatic carbocycles. The molecule has 3 aromatic rings. The second-order valence-corrected chi connectivity index (χ2v) is 8.77. The number of halogens is 4. The van der Waals surface area contributed by atoms with Crippen molar-refractivity contribution in [2.24, 2.45) is 0 Å². The SMILES string of the molecule is C=C[P+](c1ccccc1)(c1ccccc1)c1ccccc1.F[B-](F)(F)F. The molecule has 6 heteroatoms. The summed E-state index contributed by atoms with van der Waals surface area (Å²) in [7, 11) is -7.77. The molecule has 0 amide bonds. The van der Waals surface area contributed by atoms with Crippen molar-refractivity contribution < 1.29 is 17.3 Å². The zero-order valence-electron chi connectivity index (χ0n) is 14.0. The molecule has 0 aliphatic carbocycles. The van der Waals surface area contributed by atoms with Gasteiger partial charge in [-0.15, -0.1) is 0 Å². The van der Waals surface area contributed by atoms with E-state index in [1.165, 1.54) is 15.9 Å². The maximum absolute atomic E-state index is 9.75. The molecular formula is C20H18BF4P. The second-order valence-electron chi connectivity index (χ2n) is 5.41. The van der Waals surface area contributed by atoms with Crippen LogP contribution in [0.15, 0.2) is 103 Å². The minimum atomic E-state index is -6.00. The minimum Gasteiger partial charge on any atom is -0.418 e. The van der Waals surface area contributed by atoms with Gasteiger partial charge < -0.3 is 17.3 Å². The molecule has 0 heterocycles. The van der Waals surface area contributed by atoms with Crippen molar-refractivity contribution in [1.82, 2.24) is 0 Å². The summed E-state index contributed by atoms with van der Waals surface area (Å²) in [6.07, 6.45) is 0. The van der Waals surface area contributed by atoms with Crippen LogP contribution in [0.3, 0.4) is 0 Å². The number of rotatable bonds is 4. The summed E-state index contributed by atoms with van der Waals surface area (Å²) in [5.74, 6) is 2.16. The zero-order valence-corrected chi connectivity index (χ0v) is 14.9. The molecule has 0 bridgehead atoms. The molecule has 0 atom stereocenters. The summed E-state index contributed by atoms with van der Waals surface area (Å²) < 4.78 is 39.0. The Balaban J connectivity index is 0.000000431. The van der Waals surface area contributed by atoms with Gasteiger partial charge in [0.15, 0.2) is 0 Å². The molecule has 26 heavy (non-hydrogen) atoms. The fraction of sp³-hybridized carbons (Fsp3) is 0. The van der Waals surface area contributed by atoms with Crippen LogP contribution in [-0.4, -0.2) is 7.25 Å². The summed E-state index contributed by atoms with van der Waals surface area (Å²) in [4.78, 5) is 0. The fourth-order valence-electron chi connectivity index (χ4n) is 2.75. The average Bonchev–Trinajstić information content (AvgIpc) is 2.64. The third kappa shape index (κ3) is 5.06. The monoisotopic (exact) mass is 376 g/mol. The van der Waals surface area contributed by atoms with E-state index in [1.807, 2.05) is 0 Å². The average molecular weight is 376 g/mol. The summed E-state index contributed by atoms with van der Waals surface area (Å²) in [5.41, 5.74) is 0. The second kappa shape index (κ2) is 8.82. The zero-order chi connectivity index (χ0) is 19.0. The van der Waals surface area contributed by atoms with Gasteiger partial charge in [0.1, 0.15) is 23.2 Å². The Morgan fingerprint density at radius 2 is 0.808 bits per heavy atom. The molecule has 0 nitrogen and oxygen atoms in total. The van der Waals surface area contributed by atoms with Crippen LogP contribution in [0.1, 0.15) is 0 Å². The van der Waals surface area contributed by atoms with Crippen molar-refractivity contribution in [3.63, 3.8) is 0 Å². The number of hydrogen-bond acceptors (Lipinski definition) is 0. The van der Waals surface area contributed by atoms with Crippen molar-refractivity contribution in [2.75, 3.05) is 0 Å². The van der Waals surface area contributed by atoms with Crippen molar-refractivity contribution >= 4 is 30.4 Å². The van der Waals surface area contributed by atoms with Gasteiger partial charge in [0.2, 0.25) is 0 Å². The molecule has 134 valence electrons. The lowest BCUT2D eigenvalue weighted by Gasteiger charge is -2.23. The minimum absolute atomic E-state index is 1.34. The number of benzene rings is 3. The van der Waals surface area contributed by atoms with Crippen molar-refractivity contribution in [3.05, 3.63) is 103 Å². The summed E-state index contributed by atoms with van der Waals surface area (Å²) in [6.45, 7) is 4.21. The van der Waals surface area contributed by atoms with Gasteiger partial charge in [0.05, 0.1) is 5.82 Å². The molecular weight excluding hydrogens is 358 g/mol. The van der Waals surface area contributed by atoms with Gasteiger partial charge in [-0.2, -0.15) is 0 Å². The number of hydrogen-bond donors (Lipinski definition) is 0. The quantitative estimate of drug-likeness (QED) is 0.324. The maximum atomic E-state index is 9.75. The Bertz CT molecular complexity index is 703. The van der Waals surface area contributed by atoms with Gasteiger partial charge in [0, 0.05) is 0 Å². The van der Waals surface area contributed by atoms with Gasteiger partial charge in [-0.1, -0.05) is 61.2 Å².